The molecule has 1 aliphatic heterocycles. The Bertz CT molecular complexity index is 544. The van der Waals surface area contributed by atoms with E-state index in [1.54, 1.807) is 0 Å². The molecule has 0 spiro atoms. The van der Waals surface area contributed by atoms with Crippen molar-refractivity contribution in [1.29, 1.82) is 0 Å². The van der Waals surface area contributed by atoms with Crippen LogP contribution in [0.15, 0.2) is 18.2 Å². The van der Waals surface area contributed by atoms with Gasteiger partial charge in [0.2, 0.25) is 0 Å². The summed E-state index contributed by atoms with van der Waals surface area (Å²) in [5, 5.41) is 14.0. The van der Waals surface area contributed by atoms with Gasteiger partial charge in [-0.25, -0.2) is 14.0 Å². The van der Waals surface area contributed by atoms with Crippen molar-refractivity contribution in [3.8, 4) is 0 Å². The molecule has 1 aliphatic rings. The molecule has 1 heterocycles. The fourth-order valence-corrected chi connectivity index (χ4v) is 2.21. The van der Waals surface area contributed by atoms with Crippen LogP contribution in [-0.4, -0.2) is 36.4 Å². The third kappa shape index (κ3) is 3.91. The fraction of sp³-hybridized carbons (Fsp3) is 0.429. The van der Waals surface area contributed by atoms with Crippen LogP contribution in [0.3, 0.4) is 0 Å². The quantitative estimate of drug-likeness (QED) is 0.793. The van der Waals surface area contributed by atoms with Gasteiger partial charge in [0, 0.05) is 24.3 Å². The van der Waals surface area contributed by atoms with Gasteiger partial charge in [-0.3, -0.25) is 0 Å². The maximum atomic E-state index is 13.5. The SMILES string of the molecule is CC(NC(=O)Nc1ccc(C(=O)O)c(F)c1)C1CCOC1. The van der Waals surface area contributed by atoms with E-state index in [2.05, 4.69) is 10.6 Å². The van der Waals surface area contributed by atoms with Crippen molar-refractivity contribution < 1.29 is 23.8 Å². The average Bonchev–Trinajstić information content (AvgIpc) is 2.91. The van der Waals surface area contributed by atoms with E-state index >= 15 is 0 Å². The zero-order valence-corrected chi connectivity index (χ0v) is 11.6. The Kier molecular flexibility index (Phi) is 4.74. The monoisotopic (exact) mass is 296 g/mol. The van der Waals surface area contributed by atoms with Gasteiger partial charge in [-0.1, -0.05) is 0 Å². The van der Waals surface area contributed by atoms with Gasteiger partial charge in [-0.15, -0.1) is 0 Å². The zero-order valence-electron chi connectivity index (χ0n) is 11.6. The second kappa shape index (κ2) is 6.53. The normalized spacial score (nSPS) is 19.0. The number of halogens is 1. The molecule has 21 heavy (non-hydrogen) atoms. The van der Waals surface area contributed by atoms with E-state index in [9.17, 15) is 14.0 Å². The van der Waals surface area contributed by atoms with Crippen LogP contribution in [-0.2, 0) is 4.74 Å². The van der Waals surface area contributed by atoms with Crippen LogP contribution in [0.4, 0.5) is 14.9 Å². The highest BCUT2D eigenvalue weighted by Crippen LogP contribution is 2.17. The summed E-state index contributed by atoms with van der Waals surface area (Å²) in [6.45, 7) is 3.19. The molecule has 1 aromatic carbocycles. The minimum atomic E-state index is -1.35. The summed E-state index contributed by atoms with van der Waals surface area (Å²) >= 11 is 0. The number of carbonyl (C=O) groups excluding carboxylic acids is 1. The number of carboxylic acid groups (broad SMARTS) is 1. The third-order valence-electron chi connectivity index (χ3n) is 3.49. The first-order valence-electron chi connectivity index (χ1n) is 6.65. The summed E-state index contributed by atoms with van der Waals surface area (Å²) in [6.07, 6.45) is 0.892. The van der Waals surface area contributed by atoms with Gasteiger partial charge >= 0.3 is 12.0 Å². The molecule has 0 radical (unpaired) electrons. The van der Waals surface area contributed by atoms with E-state index in [1.807, 2.05) is 6.92 Å². The number of urea groups is 1. The van der Waals surface area contributed by atoms with E-state index in [0.717, 1.165) is 18.6 Å². The molecule has 0 aliphatic carbocycles. The lowest BCUT2D eigenvalue weighted by Crippen LogP contribution is -2.40. The fourth-order valence-electron chi connectivity index (χ4n) is 2.21. The average molecular weight is 296 g/mol. The van der Waals surface area contributed by atoms with Crippen molar-refractivity contribution in [2.75, 3.05) is 18.5 Å². The molecule has 114 valence electrons. The highest BCUT2D eigenvalue weighted by Gasteiger charge is 2.23. The molecular weight excluding hydrogens is 279 g/mol. The predicted octanol–water partition coefficient (Wildman–Crippen LogP) is 2.07. The molecule has 1 fully saturated rings. The Morgan fingerprint density at radius 1 is 1.48 bits per heavy atom. The van der Waals surface area contributed by atoms with Crippen LogP contribution in [0, 0.1) is 11.7 Å². The summed E-state index contributed by atoms with van der Waals surface area (Å²) in [6, 6.07) is 2.91. The highest BCUT2D eigenvalue weighted by molar-refractivity contribution is 5.91. The number of hydrogen-bond donors (Lipinski definition) is 3. The number of benzene rings is 1. The van der Waals surface area contributed by atoms with Crippen molar-refractivity contribution >= 4 is 17.7 Å². The van der Waals surface area contributed by atoms with Crippen LogP contribution in [0.2, 0.25) is 0 Å². The van der Waals surface area contributed by atoms with Crippen LogP contribution >= 0.6 is 0 Å². The summed E-state index contributed by atoms with van der Waals surface area (Å²) in [5.74, 6) is -1.97. The molecule has 1 saturated heterocycles. The van der Waals surface area contributed by atoms with Gasteiger partial charge in [0.15, 0.2) is 0 Å². The number of hydrogen-bond acceptors (Lipinski definition) is 3. The zero-order chi connectivity index (χ0) is 15.4. The van der Waals surface area contributed by atoms with Crippen molar-refractivity contribution in [2.45, 2.75) is 19.4 Å². The molecule has 1 aromatic rings. The summed E-state index contributed by atoms with van der Waals surface area (Å²) < 4.78 is 18.7. The number of ether oxygens (including phenoxy) is 1. The third-order valence-corrected chi connectivity index (χ3v) is 3.49. The number of carboxylic acids is 1. The summed E-state index contributed by atoms with van der Waals surface area (Å²) in [5.41, 5.74) is -0.234. The topological polar surface area (TPSA) is 87.7 Å². The van der Waals surface area contributed by atoms with E-state index in [4.69, 9.17) is 9.84 Å². The van der Waals surface area contributed by atoms with E-state index < -0.39 is 23.4 Å². The first kappa shape index (κ1) is 15.2. The van der Waals surface area contributed by atoms with Gasteiger partial charge < -0.3 is 20.5 Å². The molecule has 0 bridgehead atoms. The molecule has 0 saturated carbocycles. The van der Waals surface area contributed by atoms with E-state index in [0.29, 0.717) is 13.2 Å². The van der Waals surface area contributed by atoms with E-state index in [1.165, 1.54) is 6.07 Å². The molecule has 6 nitrogen and oxygen atoms in total. The number of rotatable bonds is 4. The first-order chi connectivity index (χ1) is 9.97. The lowest BCUT2D eigenvalue weighted by atomic mass is 10.0. The number of carbonyl (C=O) groups is 2. The Morgan fingerprint density at radius 2 is 2.24 bits per heavy atom. The second-order valence-corrected chi connectivity index (χ2v) is 5.01. The molecular formula is C14H17FN2O4. The number of amides is 2. The van der Waals surface area contributed by atoms with Crippen LogP contribution in [0.1, 0.15) is 23.7 Å². The van der Waals surface area contributed by atoms with Gasteiger partial charge in [-0.2, -0.15) is 0 Å². The predicted molar refractivity (Wildman–Crippen MR) is 73.9 cm³/mol. The van der Waals surface area contributed by atoms with Crippen molar-refractivity contribution in [2.24, 2.45) is 5.92 Å². The summed E-state index contributed by atoms with van der Waals surface area (Å²) in [4.78, 5) is 22.5. The van der Waals surface area contributed by atoms with Crippen molar-refractivity contribution in [1.82, 2.24) is 5.32 Å². The molecule has 7 heteroatoms. The lowest BCUT2D eigenvalue weighted by Gasteiger charge is -2.19. The molecule has 0 aromatic heterocycles. The largest absolute Gasteiger partial charge is 0.478 e. The Morgan fingerprint density at radius 3 is 2.81 bits per heavy atom. The minimum absolute atomic E-state index is 0.0596. The second-order valence-electron chi connectivity index (χ2n) is 5.01. The van der Waals surface area contributed by atoms with Crippen molar-refractivity contribution in [3.05, 3.63) is 29.6 Å². The standard InChI is InChI=1S/C14H17FN2O4/c1-8(9-4-5-21-7-9)16-14(20)17-10-2-3-11(13(18)19)12(15)6-10/h2-3,6,8-9H,4-5,7H2,1H3,(H,18,19)(H2,16,17,20). The molecule has 2 unspecified atom stereocenters. The maximum Gasteiger partial charge on any atom is 0.338 e. The number of anilines is 1. The smallest absolute Gasteiger partial charge is 0.338 e. The van der Waals surface area contributed by atoms with E-state index in [-0.39, 0.29) is 17.6 Å². The van der Waals surface area contributed by atoms with Crippen molar-refractivity contribution in [3.63, 3.8) is 0 Å². The van der Waals surface area contributed by atoms with Gasteiger partial charge in [0.25, 0.3) is 0 Å². The van der Waals surface area contributed by atoms with Gasteiger partial charge in [0.1, 0.15) is 5.82 Å². The number of aromatic carboxylic acids is 1. The van der Waals surface area contributed by atoms with Crippen LogP contribution in [0.5, 0.6) is 0 Å². The lowest BCUT2D eigenvalue weighted by molar-refractivity contribution is 0.0692. The highest BCUT2D eigenvalue weighted by atomic mass is 19.1. The van der Waals surface area contributed by atoms with Crippen LogP contribution in [0.25, 0.3) is 0 Å². The Labute approximate surface area is 121 Å². The number of nitrogens with one attached hydrogen (secondary N) is 2. The molecule has 3 N–H and O–H groups in total. The van der Waals surface area contributed by atoms with Crippen LogP contribution < -0.4 is 10.6 Å². The molecule has 2 atom stereocenters. The molecule has 2 amide bonds. The van der Waals surface area contributed by atoms with Gasteiger partial charge in [0.05, 0.1) is 12.2 Å². The maximum absolute atomic E-state index is 13.5. The Hall–Kier alpha value is -2.15. The minimum Gasteiger partial charge on any atom is -0.478 e. The first-order valence-corrected chi connectivity index (χ1v) is 6.65. The molecule has 2 rings (SSSR count). The summed E-state index contributed by atoms with van der Waals surface area (Å²) in [7, 11) is 0. The Balaban J connectivity index is 1.93. The van der Waals surface area contributed by atoms with Gasteiger partial charge in [-0.05, 0) is 31.5 Å².